The third-order valence-corrected chi connectivity index (χ3v) is 10.8. The molecule has 2 atom stereocenters. The van der Waals surface area contributed by atoms with Crippen LogP contribution in [0.15, 0.2) is 36.5 Å². The number of carboxylic acids is 1. The van der Waals surface area contributed by atoms with Gasteiger partial charge in [-0.3, -0.25) is 9.59 Å². The number of allylic oxidation sites excluding steroid dienone is 6. The van der Waals surface area contributed by atoms with Crippen LogP contribution in [-0.4, -0.2) is 75.5 Å². The topological polar surface area (TPSA) is 102 Å². The molecule has 58 heavy (non-hydrogen) atoms. The Morgan fingerprint density at radius 1 is 0.517 bits per heavy atom. The van der Waals surface area contributed by atoms with Gasteiger partial charge in [0, 0.05) is 19.3 Å². The standard InChI is InChI=1S/C50H91NO7/c1-6-8-10-12-14-16-18-20-22-24-25-27-29-31-33-35-37-39-41-49(53)58-46(44-56-43-42-47(50(54)55)51(3,4)5)45-57-48(52)40-38-36-34-32-30-28-26-23-21-19-17-15-13-11-9-7-2/h23,25-28,30,46-47H,6-22,24,29,31-45H2,1-5H3/b26-23+,27-25+,30-28+. The van der Waals surface area contributed by atoms with E-state index in [1.165, 1.54) is 116 Å². The Bertz CT molecular complexity index is 1050. The van der Waals surface area contributed by atoms with Crippen molar-refractivity contribution >= 4 is 17.9 Å². The fourth-order valence-electron chi connectivity index (χ4n) is 7.00. The number of hydrogen-bond acceptors (Lipinski definition) is 7. The number of aliphatic carboxylic acids is 1. The van der Waals surface area contributed by atoms with E-state index in [1.807, 2.05) is 0 Å². The highest BCUT2D eigenvalue weighted by Crippen LogP contribution is 2.14. The van der Waals surface area contributed by atoms with Crippen molar-refractivity contribution in [1.29, 1.82) is 0 Å². The van der Waals surface area contributed by atoms with Crippen LogP contribution in [0.3, 0.4) is 0 Å². The second-order valence-electron chi connectivity index (χ2n) is 17.4. The van der Waals surface area contributed by atoms with E-state index >= 15 is 0 Å². The molecule has 0 aliphatic carbocycles. The van der Waals surface area contributed by atoms with Crippen molar-refractivity contribution in [2.24, 2.45) is 0 Å². The molecule has 8 nitrogen and oxygen atoms in total. The first-order valence-electron chi connectivity index (χ1n) is 24.0. The Morgan fingerprint density at radius 2 is 0.914 bits per heavy atom. The Balaban J connectivity index is 4.35. The molecular weight excluding hydrogens is 727 g/mol. The zero-order valence-corrected chi connectivity index (χ0v) is 38.5. The second-order valence-corrected chi connectivity index (χ2v) is 17.4. The van der Waals surface area contributed by atoms with Gasteiger partial charge < -0.3 is 28.6 Å². The summed E-state index contributed by atoms with van der Waals surface area (Å²) in [6.07, 6.45) is 47.4. The fraction of sp³-hybridized carbons (Fsp3) is 0.820. The normalized spacial score (nSPS) is 13.2. The van der Waals surface area contributed by atoms with Crippen LogP contribution in [0, 0.1) is 0 Å². The van der Waals surface area contributed by atoms with Crippen molar-refractivity contribution in [1.82, 2.24) is 0 Å². The maximum absolute atomic E-state index is 12.7. The van der Waals surface area contributed by atoms with Gasteiger partial charge in [0.15, 0.2) is 6.10 Å². The monoisotopic (exact) mass is 818 g/mol. The molecule has 0 aromatic carbocycles. The van der Waals surface area contributed by atoms with E-state index in [0.717, 1.165) is 64.2 Å². The number of carboxylic acid groups (broad SMARTS) is 1. The van der Waals surface area contributed by atoms with Gasteiger partial charge in [-0.15, -0.1) is 0 Å². The highest BCUT2D eigenvalue weighted by atomic mass is 16.6. The molecule has 0 saturated heterocycles. The first-order valence-corrected chi connectivity index (χ1v) is 24.0. The number of rotatable bonds is 43. The van der Waals surface area contributed by atoms with Gasteiger partial charge in [0.25, 0.3) is 0 Å². The van der Waals surface area contributed by atoms with Crippen LogP contribution < -0.4 is 5.11 Å². The molecule has 0 heterocycles. The minimum atomic E-state index is -1.13. The van der Waals surface area contributed by atoms with E-state index in [4.69, 9.17) is 14.2 Å². The number of quaternary nitrogens is 1. The summed E-state index contributed by atoms with van der Waals surface area (Å²) in [6, 6.07) is -0.731. The van der Waals surface area contributed by atoms with Crippen LogP contribution in [0.1, 0.15) is 213 Å². The van der Waals surface area contributed by atoms with E-state index in [2.05, 4.69) is 50.3 Å². The van der Waals surface area contributed by atoms with Crippen molar-refractivity contribution in [3.8, 4) is 0 Å². The fourth-order valence-corrected chi connectivity index (χ4v) is 7.00. The van der Waals surface area contributed by atoms with Crippen molar-refractivity contribution in [3.05, 3.63) is 36.5 Å². The zero-order valence-electron chi connectivity index (χ0n) is 38.5. The summed E-state index contributed by atoms with van der Waals surface area (Å²) >= 11 is 0. The third kappa shape index (κ3) is 39.0. The lowest BCUT2D eigenvalue weighted by atomic mass is 10.1. The van der Waals surface area contributed by atoms with Gasteiger partial charge in [0.2, 0.25) is 0 Å². The van der Waals surface area contributed by atoms with Crippen LogP contribution in [0.5, 0.6) is 0 Å². The molecule has 0 spiro atoms. The summed E-state index contributed by atoms with van der Waals surface area (Å²) in [5.74, 6) is -1.77. The van der Waals surface area contributed by atoms with Gasteiger partial charge in [0.05, 0.1) is 40.3 Å². The number of likely N-dealkylation sites (N-methyl/N-ethyl adjacent to an activating group) is 1. The van der Waals surface area contributed by atoms with Gasteiger partial charge in [0.1, 0.15) is 12.6 Å². The Morgan fingerprint density at radius 3 is 1.36 bits per heavy atom. The van der Waals surface area contributed by atoms with Crippen molar-refractivity contribution in [2.45, 2.75) is 225 Å². The summed E-state index contributed by atoms with van der Waals surface area (Å²) in [6.45, 7) is 4.64. The van der Waals surface area contributed by atoms with E-state index < -0.39 is 18.1 Å². The first-order chi connectivity index (χ1) is 28.1. The Labute approximate surface area is 357 Å². The number of hydrogen-bond donors (Lipinski definition) is 0. The molecule has 0 aliphatic rings. The van der Waals surface area contributed by atoms with Crippen LogP contribution in [0.2, 0.25) is 0 Å². The molecule has 0 radical (unpaired) electrons. The number of carbonyl (C=O) groups is 3. The average molecular weight is 818 g/mol. The summed E-state index contributed by atoms with van der Waals surface area (Å²) in [4.78, 5) is 36.9. The second kappa shape index (κ2) is 41.3. The van der Waals surface area contributed by atoms with Crippen LogP contribution in [0.25, 0.3) is 0 Å². The van der Waals surface area contributed by atoms with Gasteiger partial charge in [-0.2, -0.15) is 0 Å². The largest absolute Gasteiger partial charge is 0.544 e. The number of ether oxygens (including phenoxy) is 3. The van der Waals surface area contributed by atoms with Crippen molar-refractivity contribution in [2.75, 3.05) is 41.0 Å². The maximum Gasteiger partial charge on any atom is 0.306 e. The van der Waals surface area contributed by atoms with E-state index in [1.54, 1.807) is 21.1 Å². The van der Waals surface area contributed by atoms with Gasteiger partial charge in [-0.1, -0.05) is 166 Å². The predicted octanol–water partition coefficient (Wildman–Crippen LogP) is 12.1. The molecule has 0 aromatic heterocycles. The first kappa shape index (κ1) is 55.5. The summed E-state index contributed by atoms with van der Waals surface area (Å²) in [7, 11) is 5.40. The van der Waals surface area contributed by atoms with Gasteiger partial charge >= 0.3 is 11.9 Å². The van der Waals surface area contributed by atoms with Crippen LogP contribution in [-0.2, 0) is 28.6 Å². The molecular formula is C50H91NO7. The molecule has 0 aliphatic heterocycles. The molecule has 0 fully saturated rings. The Kier molecular flexibility index (Phi) is 39.5. The average Bonchev–Trinajstić information content (AvgIpc) is 3.18. The van der Waals surface area contributed by atoms with E-state index in [9.17, 15) is 19.5 Å². The van der Waals surface area contributed by atoms with Crippen molar-refractivity contribution in [3.63, 3.8) is 0 Å². The third-order valence-electron chi connectivity index (χ3n) is 10.8. The highest BCUT2D eigenvalue weighted by Gasteiger charge is 2.25. The molecule has 0 rings (SSSR count). The smallest absolute Gasteiger partial charge is 0.306 e. The number of carbonyl (C=O) groups excluding carboxylic acids is 3. The minimum Gasteiger partial charge on any atom is -0.544 e. The SMILES string of the molecule is CCCCCCCCC/C=C/C=C/CCCCCC(=O)OCC(COCCC(C(=O)[O-])[N+](C)(C)C)OC(=O)CCCCCCC/C=C/CCCCCCCCCCC. The minimum absolute atomic E-state index is 0.0302. The molecule has 2 unspecified atom stereocenters. The van der Waals surface area contributed by atoms with Crippen LogP contribution in [0.4, 0.5) is 0 Å². The zero-order chi connectivity index (χ0) is 42.8. The van der Waals surface area contributed by atoms with Crippen LogP contribution >= 0.6 is 0 Å². The molecule has 0 aromatic rings. The molecule has 8 heteroatoms. The number of esters is 2. The molecule has 0 N–H and O–H groups in total. The van der Waals surface area contributed by atoms with Gasteiger partial charge in [-0.05, 0) is 64.2 Å². The lowest BCUT2D eigenvalue weighted by molar-refractivity contribution is -0.889. The van der Waals surface area contributed by atoms with E-state index in [-0.39, 0.29) is 42.7 Å². The molecule has 0 saturated carbocycles. The van der Waals surface area contributed by atoms with E-state index in [0.29, 0.717) is 12.8 Å². The summed E-state index contributed by atoms with van der Waals surface area (Å²) in [5.41, 5.74) is 0. The summed E-state index contributed by atoms with van der Waals surface area (Å²) in [5, 5.41) is 11.6. The lowest BCUT2D eigenvalue weighted by Crippen LogP contribution is -2.55. The highest BCUT2D eigenvalue weighted by molar-refractivity contribution is 5.70. The maximum atomic E-state index is 12.7. The van der Waals surface area contributed by atoms with Crippen molar-refractivity contribution < 1.29 is 38.2 Å². The quantitative estimate of drug-likeness (QED) is 0.0198. The summed E-state index contributed by atoms with van der Waals surface area (Å²) < 4.78 is 17.2. The Hall–Kier alpha value is -2.45. The lowest BCUT2D eigenvalue weighted by Gasteiger charge is -2.34. The molecule has 0 bridgehead atoms. The number of nitrogens with zero attached hydrogens (tertiary/aromatic N) is 1. The van der Waals surface area contributed by atoms with Gasteiger partial charge in [-0.25, -0.2) is 0 Å². The number of unbranched alkanes of at least 4 members (excludes halogenated alkanes) is 24. The molecule has 0 amide bonds. The molecule has 338 valence electrons. The predicted molar refractivity (Wildman–Crippen MR) is 240 cm³/mol.